The van der Waals surface area contributed by atoms with E-state index in [-0.39, 0.29) is 5.91 Å². The summed E-state index contributed by atoms with van der Waals surface area (Å²) in [4.78, 5) is 21.0. The van der Waals surface area contributed by atoms with Gasteiger partial charge in [-0.25, -0.2) is 4.98 Å². The van der Waals surface area contributed by atoms with Crippen molar-refractivity contribution in [1.29, 1.82) is 0 Å². The zero-order valence-corrected chi connectivity index (χ0v) is 15.4. The Hall–Kier alpha value is -2.34. The fourth-order valence-electron chi connectivity index (χ4n) is 3.42. The molecule has 0 N–H and O–H groups in total. The van der Waals surface area contributed by atoms with Crippen LogP contribution in [0.5, 0.6) is 0 Å². The van der Waals surface area contributed by atoms with E-state index >= 15 is 0 Å². The smallest absolute Gasteiger partial charge is 0.255 e. The van der Waals surface area contributed by atoms with E-state index in [1.54, 1.807) is 18.1 Å². The first-order chi connectivity index (χ1) is 12.6. The molecule has 26 heavy (non-hydrogen) atoms. The van der Waals surface area contributed by atoms with Gasteiger partial charge < -0.3 is 19.0 Å². The van der Waals surface area contributed by atoms with Crippen LogP contribution in [0.3, 0.4) is 0 Å². The number of aromatic nitrogens is 1. The Balaban J connectivity index is 1.37. The molecule has 2 fully saturated rings. The van der Waals surface area contributed by atoms with Gasteiger partial charge in [0.15, 0.2) is 0 Å². The molecule has 2 aliphatic rings. The Morgan fingerprint density at radius 2 is 2.04 bits per heavy atom. The maximum absolute atomic E-state index is 12.7. The molecule has 138 valence electrons. The molecule has 1 aliphatic heterocycles. The maximum Gasteiger partial charge on any atom is 0.255 e. The van der Waals surface area contributed by atoms with Crippen molar-refractivity contribution in [3.8, 4) is 0 Å². The lowest BCUT2D eigenvalue weighted by atomic mass is 10.2. The maximum atomic E-state index is 12.7. The van der Waals surface area contributed by atoms with Crippen molar-refractivity contribution in [1.82, 2.24) is 9.88 Å². The monoisotopic (exact) mass is 355 g/mol. The average molecular weight is 355 g/mol. The second kappa shape index (κ2) is 7.11. The quantitative estimate of drug-likeness (QED) is 0.825. The van der Waals surface area contributed by atoms with Crippen molar-refractivity contribution in [3.63, 3.8) is 0 Å². The molecule has 0 spiro atoms. The van der Waals surface area contributed by atoms with E-state index in [1.807, 2.05) is 24.3 Å². The van der Waals surface area contributed by atoms with Crippen molar-refractivity contribution in [2.24, 2.45) is 5.92 Å². The third-order valence-electron chi connectivity index (χ3n) is 5.23. The number of furan rings is 1. The minimum Gasteiger partial charge on any atom is -0.464 e. The Bertz CT molecular complexity index is 765. The Labute approximate surface area is 153 Å². The third kappa shape index (κ3) is 3.60. The molecule has 1 amide bonds. The van der Waals surface area contributed by atoms with Gasteiger partial charge in [0.1, 0.15) is 17.3 Å². The number of carbonyl (C=O) groups is 1. The predicted octanol–water partition coefficient (Wildman–Crippen LogP) is 2.91. The topological polar surface area (TPSA) is 58.8 Å². The normalized spacial score (nSPS) is 22.3. The molecular formula is C20H25N3O3. The van der Waals surface area contributed by atoms with E-state index in [9.17, 15) is 4.79 Å². The van der Waals surface area contributed by atoms with Crippen LogP contribution < -0.4 is 4.90 Å². The molecule has 1 saturated heterocycles. The summed E-state index contributed by atoms with van der Waals surface area (Å²) in [6, 6.07) is 7.77. The van der Waals surface area contributed by atoms with Crippen LogP contribution in [0, 0.1) is 5.92 Å². The first kappa shape index (κ1) is 17.1. The number of amides is 1. The van der Waals surface area contributed by atoms with Gasteiger partial charge in [-0.05, 0) is 36.6 Å². The summed E-state index contributed by atoms with van der Waals surface area (Å²) in [6.45, 7) is 5.80. The minimum atomic E-state index is -0.0521. The van der Waals surface area contributed by atoms with Crippen molar-refractivity contribution in [2.45, 2.75) is 25.8 Å². The molecule has 1 aliphatic carbocycles. The van der Waals surface area contributed by atoms with Crippen LogP contribution in [0.2, 0.25) is 0 Å². The molecule has 1 saturated carbocycles. The van der Waals surface area contributed by atoms with Gasteiger partial charge in [-0.3, -0.25) is 4.79 Å². The Kier molecular flexibility index (Phi) is 4.68. The van der Waals surface area contributed by atoms with Gasteiger partial charge in [-0.15, -0.1) is 0 Å². The van der Waals surface area contributed by atoms with Gasteiger partial charge in [0.25, 0.3) is 5.91 Å². The highest BCUT2D eigenvalue weighted by Crippen LogP contribution is 2.47. The lowest BCUT2D eigenvalue weighted by molar-refractivity contribution is 0.0774. The molecule has 3 heterocycles. The number of anilines is 1. The molecule has 6 heteroatoms. The number of hydrogen-bond acceptors (Lipinski definition) is 5. The van der Waals surface area contributed by atoms with Gasteiger partial charge in [-0.1, -0.05) is 6.92 Å². The van der Waals surface area contributed by atoms with Crippen LogP contribution in [0.4, 0.5) is 5.82 Å². The zero-order valence-electron chi connectivity index (χ0n) is 15.4. The number of nitrogens with zero attached hydrogens (tertiary/aromatic N) is 3. The lowest BCUT2D eigenvalue weighted by Crippen LogP contribution is -2.36. The summed E-state index contributed by atoms with van der Waals surface area (Å²) >= 11 is 0. The van der Waals surface area contributed by atoms with Gasteiger partial charge in [0, 0.05) is 32.3 Å². The summed E-state index contributed by atoms with van der Waals surface area (Å²) in [5.74, 6) is 3.98. The van der Waals surface area contributed by atoms with Crippen molar-refractivity contribution >= 4 is 11.7 Å². The predicted molar refractivity (Wildman–Crippen MR) is 98.3 cm³/mol. The lowest BCUT2D eigenvalue weighted by Gasteiger charge is -2.27. The van der Waals surface area contributed by atoms with E-state index in [0.717, 1.165) is 43.6 Å². The van der Waals surface area contributed by atoms with Crippen molar-refractivity contribution < 1.29 is 13.9 Å². The second-order valence-corrected chi connectivity index (χ2v) is 7.29. The summed E-state index contributed by atoms with van der Waals surface area (Å²) in [5.41, 5.74) is 0.590. The number of hydrogen-bond donors (Lipinski definition) is 0. The first-order valence-electron chi connectivity index (χ1n) is 9.24. The van der Waals surface area contributed by atoms with Gasteiger partial charge >= 0.3 is 0 Å². The van der Waals surface area contributed by atoms with Crippen molar-refractivity contribution in [3.05, 3.63) is 47.5 Å². The molecule has 0 unspecified atom stereocenters. The molecule has 2 atom stereocenters. The van der Waals surface area contributed by atoms with E-state index in [2.05, 4.69) is 16.8 Å². The SMILES string of the molecule is C[C@@H]1C[C@H]1c1ccc(CN(C)C(=O)c2ccc(N3CCOCC3)nc2)o1. The number of carbonyl (C=O) groups excluding carboxylic acids is 1. The fourth-order valence-corrected chi connectivity index (χ4v) is 3.42. The highest BCUT2D eigenvalue weighted by atomic mass is 16.5. The number of morpholine rings is 1. The minimum absolute atomic E-state index is 0.0521. The highest BCUT2D eigenvalue weighted by molar-refractivity contribution is 5.93. The van der Waals surface area contributed by atoms with Crippen LogP contribution in [0.1, 0.15) is 41.1 Å². The van der Waals surface area contributed by atoms with Crippen LogP contribution in [0.15, 0.2) is 34.9 Å². The summed E-state index contributed by atoms with van der Waals surface area (Å²) in [5, 5.41) is 0. The third-order valence-corrected chi connectivity index (χ3v) is 5.23. The molecule has 2 aromatic rings. The van der Waals surface area contributed by atoms with E-state index in [4.69, 9.17) is 9.15 Å². The highest BCUT2D eigenvalue weighted by Gasteiger charge is 2.36. The van der Waals surface area contributed by atoms with Gasteiger partial charge in [-0.2, -0.15) is 0 Å². The molecule has 6 nitrogen and oxygen atoms in total. The summed E-state index contributed by atoms with van der Waals surface area (Å²) in [7, 11) is 1.79. The van der Waals surface area contributed by atoms with Crippen LogP contribution in [-0.4, -0.2) is 49.1 Å². The van der Waals surface area contributed by atoms with Gasteiger partial charge in [0.05, 0.1) is 25.3 Å². The van der Waals surface area contributed by atoms with Crippen LogP contribution in [-0.2, 0) is 11.3 Å². The molecule has 4 rings (SSSR count). The van der Waals surface area contributed by atoms with E-state index in [1.165, 1.54) is 6.42 Å². The van der Waals surface area contributed by atoms with Gasteiger partial charge in [0.2, 0.25) is 0 Å². The Morgan fingerprint density at radius 3 is 2.69 bits per heavy atom. The zero-order chi connectivity index (χ0) is 18.1. The standard InChI is InChI=1S/C20H25N3O3/c1-14-11-17(14)18-5-4-16(26-18)13-22(2)20(24)15-3-6-19(21-12-15)23-7-9-25-10-8-23/h3-6,12,14,17H,7-11,13H2,1-2H3/t14-,17-/m1/s1. The van der Waals surface area contributed by atoms with E-state index in [0.29, 0.717) is 23.9 Å². The molecule has 0 aromatic carbocycles. The number of ether oxygens (including phenoxy) is 1. The molecule has 0 bridgehead atoms. The fraction of sp³-hybridized carbons (Fsp3) is 0.500. The summed E-state index contributed by atoms with van der Waals surface area (Å²) in [6.07, 6.45) is 2.85. The average Bonchev–Trinajstić information content (AvgIpc) is 3.23. The Morgan fingerprint density at radius 1 is 1.27 bits per heavy atom. The van der Waals surface area contributed by atoms with Crippen molar-refractivity contribution in [2.75, 3.05) is 38.3 Å². The number of pyridine rings is 1. The van der Waals surface area contributed by atoms with E-state index < -0.39 is 0 Å². The molecule has 0 radical (unpaired) electrons. The van der Waals surface area contributed by atoms with Crippen LogP contribution in [0.25, 0.3) is 0 Å². The largest absolute Gasteiger partial charge is 0.464 e. The summed E-state index contributed by atoms with van der Waals surface area (Å²) < 4.78 is 11.3. The molecular weight excluding hydrogens is 330 g/mol. The number of rotatable bonds is 5. The first-order valence-corrected chi connectivity index (χ1v) is 9.24. The van der Waals surface area contributed by atoms with Crippen LogP contribution >= 0.6 is 0 Å². The second-order valence-electron chi connectivity index (χ2n) is 7.29. The molecule has 2 aromatic heterocycles.